The monoisotopic (exact) mass is 225 g/mol. The second-order valence-electron chi connectivity index (χ2n) is 1.95. The third-order valence-corrected chi connectivity index (χ3v) is 0.877. The minimum Gasteiger partial charge on any atom is -0.480 e. The molecule has 0 aromatic rings. The molecule has 0 aromatic heterocycles. The number of hydrogen-bond acceptors (Lipinski definition) is 2. The highest BCUT2D eigenvalue weighted by atomic mass is 16.4. The van der Waals surface area contributed by atoms with Crippen molar-refractivity contribution >= 4 is 5.97 Å². The molecule has 0 fully saturated rings. The Morgan fingerprint density at radius 1 is 1.38 bits per heavy atom. The lowest BCUT2D eigenvalue weighted by Gasteiger charge is -1.80. The molecule has 0 rings (SSSR count). The van der Waals surface area contributed by atoms with Crippen molar-refractivity contribution < 1.29 is 9.90 Å². The molecule has 0 saturated carbocycles. The van der Waals surface area contributed by atoms with Crippen molar-refractivity contribution in [1.29, 1.82) is 0 Å². The first-order valence-electron chi connectivity index (χ1n) is 4.75. The average Bonchev–Trinajstić information content (AvgIpc) is 2.35. The summed E-state index contributed by atoms with van der Waals surface area (Å²) in [6.07, 6.45) is 13.5. The lowest BCUT2D eigenvalue weighted by Crippen LogP contribution is -2.10. The predicted octanol–water partition coefficient (Wildman–Crippen LogP) is 2.61. The van der Waals surface area contributed by atoms with Crippen LogP contribution >= 0.6 is 0 Å². The van der Waals surface area contributed by atoms with Crippen LogP contribution in [0.15, 0.2) is 37.0 Å². The van der Waals surface area contributed by atoms with Crippen molar-refractivity contribution in [3.05, 3.63) is 37.0 Å². The van der Waals surface area contributed by atoms with Gasteiger partial charge in [0, 0.05) is 0 Å². The first kappa shape index (κ1) is 23.8. The number of carboxylic acids is 1. The van der Waals surface area contributed by atoms with Gasteiger partial charge in [0.05, 0.1) is 6.54 Å². The van der Waals surface area contributed by atoms with E-state index >= 15 is 0 Å². The van der Waals surface area contributed by atoms with Crippen LogP contribution in [-0.2, 0) is 4.79 Å². The van der Waals surface area contributed by atoms with Gasteiger partial charge in [0.1, 0.15) is 0 Å². The zero-order chi connectivity index (χ0) is 14.0. The lowest BCUT2D eigenvalue weighted by molar-refractivity contribution is -0.135. The molecule has 0 spiro atoms. The Labute approximate surface area is 99.4 Å². The number of nitrogens with two attached hydrogens (primary N) is 1. The van der Waals surface area contributed by atoms with Gasteiger partial charge in [-0.25, -0.2) is 0 Å². The van der Waals surface area contributed by atoms with Gasteiger partial charge in [0.25, 0.3) is 0 Å². The highest BCUT2D eigenvalue weighted by Gasteiger charge is 1.81. The molecular weight excluding hydrogens is 202 g/mol. The van der Waals surface area contributed by atoms with Crippen molar-refractivity contribution in [2.24, 2.45) is 5.73 Å². The van der Waals surface area contributed by atoms with Crippen LogP contribution in [0.2, 0.25) is 0 Å². The minimum absolute atomic E-state index is 0.278. The first-order chi connectivity index (χ1) is 7.58. The summed E-state index contributed by atoms with van der Waals surface area (Å²) in [5.74, 6) is -0.968. The van der Waals surface area contributed by atoms with Gasteiger partial charge in [-0.1, -0.05) is 50.8 Å². The zero-order valence-electron chi connectivity index (χ0n) is 10.4. The zero-order valence-corrected chi connectivity index (χ0v) is 10.4. The Bertz CT molecular complexity index is 215. The molecule has 0 aliphatic carbocycles. The predicted molar refractivity (Wildman–Crippen MR) is 72.1 cm³/mol. The fraction of sp³-hybridized carbons (Fsp3) is 0.308. The van der Waals surface area contributed by atoms with Gasteiger partial charge in [0.2, 0.25) is 0 Å². The molecule has 0 heterocycles. The van der Waals surface area contributed by atoms with E-state index < -0.39 is 5.97 Å². The lowest BCUT2D eigenvalue weighted by atomic mass is 10.3. The van der Waals surface area contributed by atoms with Crippen molar-refractivity contribution in [2.75, 3.05) is 6.54 Å². The Morgan fingerprint density at radius 2 is 1.69 bits per heavy atom. The number of aliphatic carboxylic acids is 1. The number of hydrogen-bond donors (Lipinski definition) is 2. The highest BCUT2D eigenvalue weighted by Crippen LogP contribution is 1.90. The molecular formula is C13H23NO2. The summed E-state index contributed by atoms with van der Waals surface area (Å²) in [6, 6.07) is 0. The summed E-state index contributed by atoms with van der Waals surface area (Å²) in [5.41, 5.74) is 5.72. The minimum atomic E-state index is -0.968. The van der Waals surface area contributed by atoms with E-state index in [4.69, 9.17) is 5.11 Å². The largest absolute Gasteiger partial charge is 0.480 e. The normalized spacial score (nSPS) is 7.50. The summed E-state index contributed by atoms with van der Waals surface area (Å²) in [4.78, 5) is 9.24. The number of carboxylic acid groups (broad SMARTS) is 1. The molecule has 0 atom stereocenters. The summed E-state index contributed by atoms with van der Waals surface area (Å²) >= 11 is 0. The van der Waals surface area contributed by atoms with Gasteiger partial charge in [-0.15, -0.1) is 12.8 Å². The van der Waals surface area contributed by atoms with Crippen molar-refractivity contribution in [1.82, 2.24) is 0 Å². The third-order valence-electron chi connectivity index (χ3n) is 0.877. The molecule has 0 aliphatic rings. The van der Waals surface area contributed by atoms with E-state index in [9.17, 15) is 4.79 Å². The Kier molecular flexibility index (Phi) is 43.4. The fourth-order valence-electron chi connectivity index (χ4n) is 0.254. The summed E-state index contributed by atoms with van der Waals surface area (Å²) in [5, 5.41) is 7.60. The van der Waals surface area contributed by atoms with Crippen LogP contribution in [0.4, 0.5) is 0 Å². The van der Waals surface area contributed by atoms with E-state index in [1.807, 2.05) is 26.8 Å². The van der Waals surface area contributed by atoms with Crippen LogP contribution in [0.3, 0.4) is 0 Å². The smallest absolute Gasteiger partial charge is 0.317 e. The molecule has 0 saturated heterocycles. The van der Waals surface area contributed by atoms with Crippen LogP contribution in [0, 0.1) is 12.8 Å². The van der Waals surface area contributed by atoms with Gasteiger partial charge >= 0.3 is 5.97 Å². The maximum absolute atomic E-state index is 9.24. The summed E-state index contributed by atoms with van der Waals surface area (Å²) in [6.45, 7) is 12.8. The third kappa shape index (κ3) is 56.5. The Hall–Kier alpha value is -1.79. The van der Waals surface area contributed by atoms with Gasteiger partial charge in [-0.2, -0.15) is 0 Å². The van der Waals surface area contributed by atoms with E-state index in [0.29, 0.717) is 0 Å². The number of allylic oxidation sites excluding steroid dienone is 4. The Balaban J connectivity index is -0.0000000704. The number of carbonyl (C=O) groups is 1. The fourth-order valence-corrected chi connectivity index (χ4v) is 0.254. The summed E-state index contributed by atoms with van der Waals surface area (Å²) < 4.78 is 0. The van der Waals surface area contributed by atoms with Crippen LogP contribution in [0.1, 0.15) is 20.8 Å². The van der Waals surface area contributed by atoms with Gasteiger partial charge in [-0.05, 0) is 6.92 Å². The molecule has 3 nitrogen and oxygen atoms in total. The molecule has 3 N–H and O–H groups in total. The second kappa shape index (κ2) is 29.2. The van der Waals surface area contributed by atoms with Crippen molar-refractivity contribution in [3.63, 3.8) is 0 Å². The molecule has 16 heavy (non-hydrogen) atoms. The van der Waals surface area contributed by atoms with Crippen LogP contribution < -0.4 is 5.73 Å². The van der Waals surface area contributed by atoms with Crippen LogP contribution in [0.25, 0.3) is 0 Å². The van der Waals surface area contributed by atoms with Crippen LogP contribution in [0.5, 0.6) is 0 Å². The molecule has 0 unspecified atom stereocenters. The maximum Gasteiger partial charge on any atom is 0.317 e. The number of rotatable bonds is 3. The van der Waals surface area contributed by atoms with Crippen LogP contribution in [-0.4, -0.2) is 17.6 Å². The molecule has 0 aliphatic heterocycles. The van der Waals surface area contributed by atoms with E-state index in [1.54, 1.807) is 12.2 Å². The van der Waals surface area contributed by atoms with Crippen molar-refractivity contribution in [3.8, 4) is 12.8 Å². The quantitative estimate of drug-likeness (QED) is 0.573. The topological polar surface area (TPSA) is 63.3 Å². The van der Waals surface area contributed by atoms with Gasteiger partial charge in [0.15, 0.2) is 0 Å². The first-order valence-corrected chi connectivity index (χ1v) is 4.75. The van der Waals surface area contributed by atoms with E-state index in [1.165, 1.54) is 0 Å². The maximum atomic E-state index is 9.24. The standard InChI is InChI=1S/C7H10.C2H5NO2.C2H6.C2H2/c1-4-6-7(3)5-2;3-1-2(4)5;2*1-2/h4-6H,1-2H2,3H3;1,3H2,(H,4,5);1-2H3;1-2H/b7-6-;;;. The summed E-state index contributed by atoms with van der Waals surface area (Å²) in [7, 11) is 0. The van der Waals surface area contributed by atoms with E-state index in [-0.39, 0.29) is 6.54 Å². The molecule has 0 aromatic carbocycles. The van der Waals surface area contributed by atoms with E-state index in [2.05, 4.69) is 31.7 Å². The van der Waals surface area contributed by atoms with E-state index in [0.717, 1.165) is 5.57 Å². The Morgan fingerprint density at radius 3 is 1.75 bits per heavy atom. The molecule has 0 radical (unpaired) electrons. The average molecular weight is 225 g/mol. The molecule has 92 valence electrons. The number of terminal acetylenes is 1. The molecule has 0 bridgehead atoms. The molecule has 3 heteroatoms. The second-order valence-corrected chi connectivity index (χ2v) is 1.95. The molecule has 0 amide bonds. The van der Waals surface area contributed by atoms with Crippen molar-refractivity contribution in [2.45, 2.75) is 20.8 Å². The van der Waals surface area contributed by atoms with Gasteiger partial charge in [-0.3, -0.25) is 4.79 Å². The SMILES string of the molecule is C#C.C=C/C=C(/C)C=C.CC.NCC(=O)O. The van der Waals surface area contributed by atoms with Gasteiger partial charge < -0.3 is 10.8 Å². The highest BCUT2D eigenvalue weighted by molar-refractivity contribution is 5.68.